The highest BCUT2D eigenvalue weighted by molar-refractivity contribution is 7.19. The topological polar surface area (TPSA) is 72.9 Å². The van der Waals surface area contributed by atoms with Gasteiger partial charge in [0.05, 0.1) is 0 Å². The monoisotopic (exact) mass is 392 g/mol. The minimum atomic E-state index is 0.127. The molecule has 4 heterocycles. The summed E-state index contributed by atoms with van der Waals surface area (Å²) >= 11 is 1.49. The quantitative estimate of drug-likeness (QED) is 0.763. The van der Waals surface area contributed by atoms with Crippen LogP contribution in [0.25, 0.3) is 0 Å². The summed E-state index contributed by atoms with van der Waals surface area (Å²) in [5.41, 5.74) is 0. The zero-order valence-corrected chi connectivity index (χ0v) is 16.8. The van der Waals surface area contributed by atoms with Crippen molar-refractivity contribution in [3.63, 3.8) is 0 Å². The SMILES string of the molecule is CCN1CCN(C(=O)C2CCN(c3nnc(N4CCCC4=O)s3)CC2)CC1. The van der Waals surface area contributed by atoms with Crippen LogP contribution in [-0.4, -0.2) is 84.2 Å². The molecule has 3 aliphatic rings. The first-order valence-corrected chi connectivity index (χ1v) is 10.9. The molecule has 0 atom stereocenters. The van der Waals surface area contributed by atoms with E-state index in [1.807, 2.05) is 0 Å². The first-order chi connectivity index (χ1) is 13.2. The van der Waals surface area contributed by atoms with E-state index in [9.17, 15) is 9.59 Å². The summed E-state index contributed by atoms with van der Waals surface area (Å²) < 4.78 is 0. The molecular weight excluding hydrogens is 364 g/mol. The molecule has 1 aromatic rings. The van der Waals surface area contributed by atoms with Gasteiger partial charge in [-0.2, -0.15) is 0 Å². The molecule has 3 saturated heterocycles. The largest absolute Gasteiger partial charge is 0.347 e. The van der Waals surface area contributed by atoms with Crippen LogP contribution in [0.4, 0.5) is 10.3 Å². The van der Waals surface area contributed by atoms with Gasteiger partial charge in [0.1, 0.15) is 0 Å². The minimum Gasteiger partial charge on any atom is -0.347 e. The van der Waals surface area contributed by atoms with Crippen LogP contribution in [0, 0.1) is 5.92 Å². The number of hydrogen-bond donors (Lipinski definition) is 0. The van der Waals surface area contributed by atoms with E-state index < -0.39 is 0 Å². The van der Waals surface area contributed by atoms with Gasteiger partial charge in [-0.25, -0.2) is 0 Å². The second-order valence-corrected chi connectivity index (χ2v) is 8.47. The molecule has 0 aromatic carbocycles. The molecule has 148 valence electrons. The van der Waals surface area contributed by atoms with E-state index in [1.54, 1.807) is 4.90 Å². The molecule has 4 rings (SSSR count). The Morgan fingerprint density at radius 2 is 1.74 bits per heavy atom. The number of rotatable bonds is 4. The Bertz CT molecular complexity index is 679. The highest BCUT2D eigenvalue weighted by Crippen LogP contribution is 2.32. The van der Waals surface area contributed by atoms with Gasteiger partial charge in [-0.1, -0.05) is 18.3 Å². The second kappa shape index (κ2) is 8.10. The van der Waals surface area contributed by atoms with Crippen molar-refractivity contribution in [2.45, 2.75) is 32.6 Å². The zero-order valence-electron chi connectivity index (χ0n) is 16.0. The molecular formula is C18H28N6O2S. The number of amides is 2. The number of piperazine rings is 1. The number of piperidine rings is 1. The highest BCUT2D eigenvalue weighted by Gasteiger charge is 2.32. The van der Waals surface area contributed by atoms with Crippen LogP contribution in [0.2, 0.25) is 0 Å². The molecule has 0 spiro atoms. The fourth-order valence-corrected chi connectivity index (χ4v) is 5.10. The lowest BCUT2D eigenvalue weighted by atomic mass is 9.95. The van der Waals surface area contributed by atoms with Gasteiger partial charge < -0.3 is 14.7 Å². The van der Waals surface area contributed by atoms with E-state index in [-0.39, 0.29) is 11.8 Å². The summed E-state index contributed by atoms with van der Waals surface area (Å²) in [6.07, 6.45) is 3.23. The summed E-state index contributed by atoms with van der Waals surface area (Å²) in [6.45, 7) is 9.33. The zero-order chi connectivity index (χ0) is 18.8. The molecule has 0 unspecified atom stereocenters. The van der Waals surface area contributed by atoms with Crippen molar-refractivity contribution in [2.75, 3.05) is 62.2 Å². The van der Waals surface area contributed by atoms with Crippen LogP contribution in [0.15, 0.2) is 0 Å². The smallest absolute Gasteiger partial charge is 0.228 e. The fourth-order valence-electron chi connectivity index (χ4n) is 4.16. The first-order valence-electron chi connectivity index (χ1n) is 10.1. The molecule has 1 aromatic heterocycles. The van der Waals surface area contributed by atoms with Crippen LogP contribution in [-0.2, 0) is 9.59 Å². The molecule has 9 heteroatoms. The number of anilines is 2. The molecule has 2 amide bonds. The standard InChI is InChI=1S/C18H28N6O2S/c1-2-21-10-12-22(13-11-21)16(26)14-5-8-23(9-6-14)17-19-20-18(27-17)24-7-3-4-15(24)25/h14H,2-13H2,1H3. The van der Waals surface area contributed by atoms with Crippen molar-refractivity contribution >= 4 is 33.4 Å². The maximum Gasteiger partial charge on any atom is 0.228 e. The molecule has 3 aliphatic heterocycles. The molecule has 0 saturated carbocycles. The Labute approximate surface area is 164 Å². The second-order valence-electron chi connectivity index (χ2n) is 7.54. The summed E-state index contributed by atoms with van der Waals surface area (Å²) in [6, 6.07) is 0. The van der Waals surface area contributed by atoms with Gasteiger partial charge in [0.2, 0.25) is 22.1 Å². The summed E-state index contributed by atoms with van der Waals surface area (Å²) in [4.78, 5) is 33.1. The van der Waals surface area contributed by atoms with E-state index >= 15 is 0 Å². The van der Waals surface area contributed by atoms with Crippen molar-refractivity contribution in [1.82, 2.24) is 20.0 Å². The van der Waals surface area contributed by atoms with Crippen molar-refractivity contribution in [2.24, 2.45) is 5.92 Å². The predicted octanol–water partition coefficient (Wildman–Crippen LogP) is 1.05. The van der Waals surface area contributed by atoms with Gasteiger partial charge in [0, 0.05) is 58.2 Å². The molecule has 8 nitrogen and oxygen atoms in total. The Kier molecular flexibility index (Phi) is 5.58. The van der Waals surface area contributed by atoms with Gasteiger partial charge >= 0.3 is 0 Å². The Balaban J connectivity index is 1.29. The number of hydrogen-bond acceptors (Lipinski definition) is 7. The van der Waals surface area contributed by atoms with Crippen molar-refractivity contribution in [3.05, 3.63) is 0 Å². The van der Waals surface area contributed by atoms with Gasteiger partial charge in [0.15, 0.2) is 0 Å². The summed E-state index contributed by atoms with van der Waals surface area (Å²) in [5, 5.41) is 10.1. The highest BCUT2D eigenvalue weighted by atomic mass is 32.1. The van der Waals surface area contributed by atoms with Gasteiger partial charge in [-0.15, -0.1) is 10.2 Å². The van der Waals surface area contributed by atoms with E-state index in [1.165, 1.54) is 11.3 Å². The number of aromatic nitrogens is 2. The molecule has 0 N–H and O–H groups in total. The normalized spacial score (nSPS) is 22.7. The third-order valence-electron chi connectivity index (χ3n) is 5.95. The van der Waals surface area contributed by atoms with E-state index in [2.05, 4.69) is 31.8 Å². The maximum absolute atomic E-state index is 12.8. The molecule has 0 bridgehead atoms. The lowest BCUT2D eigenvalue weighted by Crippen LogP contribution is -2.51. The van der Waals surface area contributed by atoms with E-state index in [4.69, 9.17) is 0 Å². The van der Waals surface area contributed by atoms with Crippen LogP contribution in [0.3, 0.4) is 0 Å². The fraction of sp³-hybridized carbons (Fsp3) is 0.778. The number of likely N-dealkylation sites (N-methyl/N-ethyl adjacent to an activating group) is 1. The maximum atomic E-state index is 12.8. The number of nitrogens with zero attached hydrogens (tertiary/aromatic N) is 6. The first kappa shape index (κ1) is 18.6. The average Bonchev–Trinajstić information content (AvgIpc) is 3.36. The lowest BCUT2D eigenvalue weighted by Gasteiger charge is -2.38. The third kappa shape index (κ3) is 3.94. The number of carbonyl (C=O) groups excluding carboxylic acids is 2. The van der Waals surface area contributed by atoms with Crippen molar-refractivity contribution in [3.8, 4) is 0 Å². The molecule has 27 heavy (non-hydrogen) atoms. The van der Waals surface area contributed by atoms with Crippen LogP contribution < -0.4 is 9.80 Å². The van der Waals surface area contributed by atoms with E-state index in [0.29, 0.717) is 17.5 Å². The van der Waals surface area contributed by atoms with Gasteiger partial charge in [0.25, 0.3) is 0 Å². The minimum absolute atomic E-state index is 0.127. The lowest BCUT2D eigenvalue weighted by molar-refractivity contribution is -0.138. The predicted molar refractivity (Wildman–Crippen MR) is 105 cm³/mol. The van der Waals surface area contributed by atoms with Crippen LogP contribution in [0.1, 0.15) is 32.6 Å². The van der Waals surface area contributed by atoms with Crippen molar-refractivity contribution < 1.29 is 9.59 Å². The molecule has 0 radical (unpaired) electrons. The van der Waals surface area contributed by atoms with Gasteiger partial charge in [-0.3, -0.25) is 14.5 Å². The Hall–Kier alpha value is -1.74. The molecule has 0 aliphatic carbocycles. The van der Waals surface area contributed by atoms with Crippen LogP contribution in [0.5, 0.6) is 0 Å². The summed E-state index contributed by atoms with van der Waals surface area (Å²) in [7, 11) is 0. The summed E-state index contributed by atoms with van der Waals surface area (Å²) in [5.74, 6) is 0.596. The third-order valence-corrected chi connectivity index (χ3v) is 6.96. The Morgan fingerprint density at radius 1 is 1.04 bits per heavy atom. The van der Waals surface area contributed by atoms with Crippen molar-refractivity contribution in [1.29, 1.82) is 0 Å². The molecule has 3 fully saturated rings. The Morgan fingerprint density at radius 3 is 2.37 bits per heavy atom. The van der Waals surface area contributed by atoms with E-state index in [0.717, 1.165) is 76.8 Å². The number of carbonyl (C=O) groups is 2. The van der Waals surface area contributed by atoms with Crippen LogP contribution >= 0.6 is 11.3 Å². The van der Waals surface area contributed by atoms with Gasteiger partial charge in [-0.05, 0) is 25.8 Å². The average molecular weight is 393 g/mol.